The van der Waals surface area contributed by atoms with E-state index in [9.17, 15) is 19.5 Å². The fourth-order valence-corrected chi connectivity index (χ4v) is 6.99. The number of hydrogen-bond acceptors (Lipinski definition) is 7. The number of unbranched alkanes of at least 4 members (excludes halogenated alkanes) is 15. The number of allylic oxidation sites excluding steroid dienone is 16. The minimum atomic E-state index is -1.13. The predicted molar refractivity (Wildman–Crippen MR) is 272 cm³/mol. The fraction of sp³-hybridized carbons (Fsp3) is 0.667. The zero-order valence-electron chi connectivity index (χ0n) is 42.1. The lowest BCUT2D eigenvalue weighted by molar-refractivity contribution is -0.889. The molecule has 2 atom stereocenters. The molecule has 65 heavy (non-hydrogen) atoms. The third kappa shape index (κ3) is 45.2. The number of carboxylic acid groups (broad SMARTS) is 1. The Kier molecular flexibility index (Phi) is 44.1. The Balaban J connectivity index is 4.35. The van der Waals surface area contributed by atoms with Crippen LogP contribution in [0.1, 0.15) is 194 Å². The molecular formula is C57H95NO7. The summed E-state index contributed by atoms with van der Waals surface area (Å²) in [6.07, 6.45) is 62.9. The van der Waals surface area contributed by atoms with E-state index in [2.05, 4.69) is 111 Å². The first-order chi connectivity index (χ1) is 31.6. The highest BCUT2D eigenvalue weighted by Gasteiger charge is 2.25. The van der Waals surface area contributed by atoms with Crippen LogP contribution in [0.5, 0.6) is 0 Å². The van der Waals surface area contributed by atoms with Gasteiger partial charge in [-0.1, -0.05) is 175 Å². The standard InChI is InChI=1S/C57H95NO7/c1-6-8-10-12-14-16-18-20-22-24-26-28-30-31-33-35-37-39-41-43-45-47-55(59)64-52-53(51-63-50-49-54(57(61)62)58(3,4)5)65-56(60)48-46-44-42-40-38-36-34-32-29-27-25-23-21-19-17-15-13-11-9-7-2/h9,11,14-17,20-23,26,28,31,33,37,39,53-54H,6-8,10,12-13,18-19,24-25,27,29-30,32,34-36,38,40-52H2,1-5H3/b11-9+,16-14+,17-15+,22-20+,23-21+,28-26+,33-31+,39-37+. The number of carbonyl (C=O) groups is 3. The Hall–Kier alpha value is -3.75. The molecular weight excluding hydrogens is 811 g/mol. The van der Waals surface area contributed by atoms with Crippen LogP contribution in [-0.4, -0.2) is 75.5 Å². The molecule has 0 fully saturated rings. The quantitative estimate of drug-likeness (QED) is 0.0259. The molecule has 0 aromatic carbocycles. The molecule has 0 N–H and O–H groups in total. The maximum Gasteiger partial charge on any atom is 0.306 e. The maximum absolute atomic E-state index is 12.8. The van der Waals surface area contributed by atoms with Crippen molar-refractivity contribution in [3.05, 3.63) is 97.2 Å². The van der Waals surface area contributed by atoms with Crippen LogP contribution in [0.3, 0.4) is 0 Å². The zero-order valence-corrected chi connectivity index (χ0v) is 42.1. The average Bonchev–Trinajstić information content (AvgIpc) is 3.27. The van der Waals surface area contributed by atoms with Gasteiger partial charge in [-0.2, -0.15) is 0 Å². The minimum absolute atomic E-state index is 0.0197. The summed E-state index contributed by atoms with van der Waals surface area (Å²) in [5.41, 5.74) is 0. The Morgan fingerprint density at radius 3 is 1.31 bits per heavy atom. The van der Waals surface area contributed by atoms with Crippen molar-refractivity contribution in [1.82, 2.24) is 0 Å². The van der Waals surface area contributed by atoms with Crippen molar-refractivity contribution in [3.63, 3.8) is 0 Å². The average molecular weight is 906 g/mol. The molecule has 8 heteroatoms. The molecule has 0 aliphatic rings. The molecule has 0 bridgehead atoms. The summed E-state index contributed by atoms with van der Waals surface area (Å²) in [6, 6.07) is -0.739. The number of carboxylic acids is 1. The van der Waals surface area contributed by atoms with E-state index in [1.807, 2.05) is 0 Å². The second-order valence-corrected chi connectivity index (χ2v) is 18.0. The van der Waals surface area contributed by atoms with Gasteiger partial charge in [-0.3, -0.25) is 9.59 Å². The van der Waals surface area contributed by atoms with E-state index in [0.717, 1.165) is 77.0 Å². The molecule has 0 aliphatic carbocycles. The first-order valence-electron chi connectivity index (χ1n) is 25.8. The molecule has 0 spiro atoms. The molecule has 2 unspecified atom stereocenters. The van der Waals surface area contributed by atoms with Crippen LogP contribution in [0.25, 0.3) is 0 Å². The third-order valence-corrected chi connectivity index (χ3v) is 11.0. The monoisotopic (exact) mass is 906 g/mol. The Morgan fingerprint density at radius 1 is 0.477 bits per heavy atom. The number of carbonyl (C=O) groups excluding carboxylic acids is 3. The highest BCUT2D eigenvalue weighted by atomic mass is 16.6. The lowest BCUT2D eigenvalue weighted by atomic mass is 10.0. The molecule has 0 radical (unpaired) electrons. The number of ether oxygens (including phenoxy) is 3. The molecule has 0 aliphatic heterocycles. The summed E-state index contributed by atoms with van der Waals surface area (Å²) in [4.78, 5) is 37.0. The predicted octanol–water partition coefficient (Wildman–Crippen LogP) is 13.7. The van der Waals surface area contributed by atoms with Gasteiger partial charge >= 0.3 is 11.9 Å². The van der Waals surface area contributed by atoms with Gasteiger partial charge in [-0.05, 0) is 96.3 Å². The van der Waals surface area contributed by atoms with E-state index in [1.54, 1.807) is 21.1 Å². The molecule has 0 rings (SSSR count). The first-order valence-corrected chi connectivity index (χ1v) is 25.8. The van der Waals surface area contributed by atoms with Gasteiger partial charge < -0.3 is 28.6 Å². The van der Waals surface area contributed by atoms with Crippen LogP contribution in [-0.2, 0) is 28.6 Å². The molecule has 0 aromatic rings. The molecule has 0 aromatic heterocycles. The molecule has 8 nitrogen and oxygen atoms in total. The topological polar surface area (TPSA) is 102 Å². The van der Waals surface area contributed by atoms with Crippen molar-refractivity contribution < 1.29 is 38.2 Å². The third-order valence-electron chi connectivity index (χ3n) is 11.0. The Bertz CT molecular complexity index is 1380. The van der Waals surface area contributed by atoms with Gasteiger partial charge in [0.05, 0.1) is 40.3 Å². The van der Waals surface area contributed by atoms with E-state index in [1.165, 1.54) is 77.0 Å². The SMILES string of the molecule is CC/C=C/C/C=C/C/C=C/CCCCCCCCCCCCC(=O)OC(COCCC(C(=O)[O-])[N+](C)(C)C)COC(=O)CCCC/C=C/C/C=C/C/C=C/C/C=C/C/C=C/CCCCC. The van der Waals surface area contributed by atoms with Gasteiger partial charge in [-0.15, -0.1) is 0 Å². The largest absolute Gasteiger partial charge is 0.544 e. The van der Waals surface area contributed by atoms with E-state index < -0.39 is 18.1 Å². The van der Waals surface area contributed by atoms with Crippen LogP contribution in [0.2, 0.25) is 0 Å². The number of nitrogens with zero attached hydrogens (tertiary/aromatic N) is 1. The summed E-state index contributed by atoms with van der Waals surface area (Å²) in [7, 11) is 5.39. The van der Waals surface area contributed by atoms with Crippen LogP contribution < -0.4 is 5.11 Å². The van der Waals surface area contributed by atoms with Gasteiger partial charge in [0, 0.05) is 19.3 Å². The number of rotatable bonds is 45. The number of quaternary nitrogens is 1. The van der Waals surface area contributed by atoms with Crippen molar-refractivity contribution >= 4 is 17.9 Å². The molecule has 0 amide bonds. The minimum Gasteiger partial charge on any atom is -0.544 e. The Labute approximate surface area is 398 Å². The normalized spacial score (nSPS) is 13.7. The molecule has 370 valence electrons. The van der Waals surface area contributed by atoms with Gasteiger partial charge in [0.2, 0.25) is 0 Å². The zero-order chi connectivity index (χ0) is 47.7. The van der Waals surface area contributed by atoms with E-state index >= 15 is 0 Å². The van der Waals surface area contributed by atoms with Crippen LogP contribution in [0, 0.1) is 0 Å². The lowest BCUT2D eigenvalue weighted by Crippen LogP contribution is -2.55. The van der Waals surface area contributed by atoms with Gasteiger partial charge in [0.25, 0.3) is 0 Å². The van der Waals surface area contributed by atoms with Crippen LogP contribution in [0.4, 0.5) is 0 Å². The van der Waals surface area contributed by atoms with E-state index in [0.29, 0.717) is 12.8 Å². The van der Waals surface area contributed by atoms with Gasteiger partial charge in [0.15, 0.2) is 6.10 Å². The van der Waals surface area contributed by atoms with E-state index in [-0.39, 0.29) is 49.1 Å². The molecule has 0 saturated heterocycles. The van der Waals surface area contributed by atoms with Gasteiger partial charge in [-0.25, -0.2) is 0 Å². The van der Waals surface area contributed by atoms with Crippen LogP contribution >= 0.6 is 0 Å². The van der Waals surface area contributed by atoms with Crippen molar-refractivity contribution in [1.29, 1.82) is 0 Å². The second-order valence-electron chi connectivity index (χ2n) is 18.0. The van der Waals surface area contributed by atoms with E-state index in [4.69, 9.17) is 14.2 Å². The summed E-state index contributed by atoms with van der Waals surface area (Å²) in [5, 5.41) is 11.7. The summed E-state index contributed by atoms with van der Waals surface area (Å²) in [6.45, 7) is 4.47. The van der Waals surface area contributed by atoms with Crippen molar-refractivity contribution in [3.8, 4) is 0 Å². The summed E-state index contributed by atoms with van der Waals surface area (Å²) < 4.78 is 17.2. The summed E-state index contributed by atoms with van der Waals surface area (Å²) >= 11 is 0. The van der Waals surface area contributed by atoms with Gasteiger partial charge in [0.1, 0.15) is 12.6 Å². The highest BCUT2D eigenvalue weighted by Crippen LogP contribution is 2.14. The highest BCUT2D eigenvalue weighted by molar-refractivity contribution is 5.70. The fourth-order valence-electron chi connectivity index (χ4n) is 6.99. The first kappa shape index (κ1) is 61.2. The molecule has 0 heterocycles. The molecule has 0 saturated carbocycles. The second kappa shape index (κ2) is 46.8. The smallest absolute Gasteiger partial charge is 0.306 e. The van der Waals surface area contributed by atoms with Crippen LogP contribution in [0.15, 0.2) is 97.2 Å². The van der Waals surface area contributed by atoms with Crippen molar-refractivity contribution in [2.45, 2.75) is 206 Å². The van der Waals surface area contributed by atoms with Crippen molar-refractivity contribution in [2.75, 3.05) is 41.0 Å². The Morgan fingerprint density at radius 2 is 0.862 bits per heavy atom. The number of hydrogen-bond donors (Lipinski definition) is 0. The number of likely N-dealkylation sites (N-methyl/N-ethyl adjacent to an activating group) is 1. The summed E-state index contributed by atoms with van der Waals surface area (Å²) in [5.74, 6) is -1.80. The van der Waals surface area contributed by atoms with Crippen molar-refractivity contribution in [2.24, 2.45) is 0 Å². The number of esters is 2. The number of aliphatic carboxylic acids is 1. The lowest BCUT2D eigenvalue weighted by Gasteiger charge is -2.34. The maximum atomic E-state index is 12.8.